The Morgan fingerprint density at radius 1 is 1.17 bits per heavy atom. The van der Waals surface area contributed by atoms with Gasteiger partial charge >= 0.3 is 0 Å². The van der Waals surface area contributed by atoms with E-state index in [9.17, 15) is 0 Å². The molecule has 2 aromatic carbocycles. The summed E-state index contributed by atoms with van der Waals surface area (Å²) >= 11 is 0. The van der Waals surface area contributed by atoms with Crippen LogP contribution in [0.4, 0.5) is 0 Å². The number of hydrazone groups is 1. The SMILES string of the molecule is CC(/C(C=NCCc1cccc2ccccc12)=N/N)n1ccn1C. The number of nitrogens with two attached hydrogens (primary N) is 1. The molecule has 1 atom stereocenters. The summed E-state index contributed by atoms with van der Waals surface area (Å²) in [6, 6.07) is 14.9. The van der Waals surface area contributed by atoms with E-state index < -0.39 is 0 Å². The van der Waals surface area contributed by atoms with Gasteiger partial charge in [0.25, 0.3) is 0 Å². The van der Waals surface area contributed by atoms with Crippen molar-refractivity contribution in [2.75, 3.05) is 6.54 Å². The van der Waals surface area contributed by atoms with Gasteiger partial charge in [-0.3, -0.25) is 14.4 Å². The minimum atomic E-state index is 0.0753. The second-order valence-electron chi connectivity index (χ2n) is 5.91. The molecule has 3 rings (SSSR count). The number of benzene rings is 2. The normalized spacial score (nSPS) is 13.8. The first-order chi connectivity index (χ1) is 11.7. The van der Waals surface area contributed by atoms with Gasteiger partial charge in [0.1, 0.15) is 5.71 Å². The van der Waals surface area contributed by atoms with E-state index >= 15 is 0 Å². The van der Waals surface area contributed by atoms with Crippen molar-refractivity contribution < 1.29 is 0 Å². The molecule has 0 spiro atoms. The van der Waals surface area contributed by atoms with Crippen LogP contribution in [0.5, 0.6) is 0 Å². The maximum absolute atomic E-state index is 5.53. The van der Waals surface area contributed by atoms with Crippen molar-refractivity contribution in [3.05, 3.63) is 60.4 Å². The summed E-state index contributed by atoms with van der Waals surface area (Å²) in [6.45, 7) is 2.77. The highest BCUT2D eigenvalue weighted by molar-refractivity contribution is 6.32. The third-order valence-electron chi connectivity index (χ3n) is 4.39. The first kappa shape index (κ1) is 16.1. The lowest BCUT2D eigenvalue weighted by atomic mass is 10.0. The van der Waals surface area contributed by atoms with Crippen LogP contribution in [0, 0.1) is 0 Å². The van der Waals surface area contributed by atoms with E-state index in [1.807, 2.05) is 24.1 Å². The molecule has 0 radical (unpaired) electrons. The first-order valence-corrected chi connectivity index (χ1v) is 8.14. The Morgan fingerprint density at radius 2 is 1.96 bits per heavy atom. The number of fused-ring (bicyclic) bond motifs is 1. The van der Waals surface area contributed by atoms with Crippen LogP contribution in [0.1, 0.15) is 18.5 Å². The molecule has 1 unspecified atom stereocenters. The van der Waals surface area contributed by atoms with Gasteiger partial charge in [-0.1, -0.05) is 42.5 Å². The van der Waals surface area contributed by atoms with Crippen LogP contribution in [-0.2, 0) is 13.5 Å². The summed E-state index contributed by atoms with van der Waals surface area (Å²) in [5, 5.41) is 6.45. The van der Waals surface area contributed by atoms with Gasteiger partial charge in [0.05, 0.1) is 6.04 Å². The molecule has 0 aliphatic carbocycles. The molecule has 5 heteroatoms. The molecule has 5 nitrogen and oxygen atoms in total. The fraction of sp³-hybridized carbons (Fsp3) is 0.263. The van der Waals surface area contributed by atoms with E-state index in [2.05, 4.69) is 64.2 Å². The molecule has 0 bridgehead atoms. The zero-order valence-electron chi connectivity index (χ0n) is 14.1. The van der Waals surface area contributed by atoms with E-state index in [-0.39, 0.29) is 6.04 Å². The predicted molar refractivity (Wildman–Crippen MR) is 101 cm³/mol. The molecule has 3 aromatic rings. The Morgan fingerprint density at radius 3 is 2.67 bits per heavy atom. The average molecular weight is 321 g/mol. The Hall–Kier alpha value is -2.82. The number of rotatable bonds is 6. The number of aromatic nitrogens is 2. The molecular formula is C19H23N5. The van der Waals surface area contributed by atoms with Gasteiger partial charge in [0.2, 0.25) is 0 Å². The summed E-state index contributed by atoms with van der Waals surface area (Å²) in [5.74, 6) is 5.53. The molecule has 0 fully saturated rings. The van der Waals surface area contributed by atoms with E-state index in [0.717, 1.165) is 12.1 Å². The van der Waals surface area contributed by atoms with Crippen LogP contribution in [0.2, 0.25) is 0 Å². The van der Waals surface area contributed by atoms with Crippen LogP contribution in [0.15, 0.2) is 65.0 Å². The lowest BCUT2D eigenvalue weighted by molar-refractivity contribution is 0.449. The van der Waals surface area contributed by atoms with E-state index in [1.54, 1.807) is 6.21 Å². The predicted octanol–water partition coefficient (Wildman–Crippen LogP) is 3.17. The van der Waals surface area contributed by atoms with Gasteiger partial charge in [0, 0.05) is 32.2 Å². The first-order valence-electron chi connectivity index (χ1n) is 8.14. The number of nitrogens with zero attached hydrogens (tertiary/aromatic N) is 4. The lowest BCUT2D eigenvalue weighted by Crippen LogP contribution is -2.27. The largest absolute Gasteiger partial charge is 0.323 e. The third-order valence-corrected chi connectivity index (χ3v) is 4.39. The monoisotopic (exact) mass is 321 g/mol. The van der Waals surface area contributed by atoms with Gasteiger partial charge in [-0.2, -0.15) is 5.10 Å². The van der Waals surface area contributed by atoms with Crippen LogP contribution in [0.3, 0.4) is 0 Å². The number of aliphatic imine (C=N–C) groups is 1. The summed E-state index contributed by atoms with van der Waals surface area (Å²) in [7, 11) is 1.99. The van der Waals surface area contributed by atoms with Crippen LogP contribution in [-0.4, -0.2) is 27.8 Å². The Labute approximate surface area is 142 Å². The molecule has 0 aliphatic heterocycles. The zero-order chi connectivity index (χ0) is 16.9. The minimum Gasteiger partial charge on any atom is -0.323 e. The van der Waals surface area contributed by atoms with Gasteiger partial charge in [-0.25, -0.2) is 0 Å². The fourth-order valence-corrected chi connectivity index (χ4v) is 2.92. The smallest absolute Gasteiger partial charge is 0.102 e. The summed E-state index contributed by atoms with van der Waals surface area (Å²) in [6.07, 6.45) is 6.67. The van der Waals surface area contributed by atoms with Crippen molar-refractivity contribution in [2.24, 2.45) is 23.0 Å². The molecule has 124 valence electrons. The van der Waals surface area contributed by atoms with Gasteiger partial charge in [-0.15, -0.1) is 0 Å². The Balaban J connectivity index is 1.65. The number of hydrogen-bond acceptors (Lipinski definition) is 3. The Kier molecular flexibility index (Phi) is 4.79. The van der Waals surface area contributed by atoms with Crippen molar-refractivity contribution in [2.45, 2.75) is 19.4 Å². The van der Waals surface area contributed by atoms with Crippen LogP contribution < -0.4 is 5.84 Å². The summed E-state index contributed by atoms with van der Waals surface area (Å²) in [4.78, 5) is 4.53. The zero-order valence-corrected chi connectivity index (χ0v) is 14.1. The lowest BCUT2D eigenvalue weighted by Gasteiger charge is -2.23. The van der Waals surface area contributed by atoms with Crippen molar-refractivity contribution in [3.63, 3.8) is 0 Å². The number of hydrogen-bond donors (Lipinski definition) is 1. The maximum atomic E-state index is 5.53. The van der Waals surface area contributed by atoms with Crippen LogP contribution in [0.25, 0.3) is 10.8 Å². The van der Waals surface area contributed by atoms with Crippen LogP contribution >= 0.6 is 0 Å². The van der Waals surface area contributed by atoms with Crippen molar-refractivity contribution >= 4 is 22.7 Å². The molecule has 1 heterocycles. The molecular weight excluding hydrogens is 298 g/mol. The van der Waals surface area contributed by atoms with Gasteiger partial charge < -0.3 is 5.84 Å². The second kappa shape index (κ2) is 7.17. The second-order valence-corrected chi connectivity index (χ2v) is 5.91. The molecule has 2 N–H and O–H groups in total. The summed E-state index contributed by atoms with van der Waals surface area (Å²) < 4.78 is 4.06. The van der Waals surface area contributed by atoms with Crippen molar-refractivity contribution in [1.82, 2.24) is 9.36 Å². The quantitative estimate of drug-likeness (QED) is 0.423. The standard InChI is InChI=1S/C19H23N5/c1-15(24-13-12-23(24)2)19(22-20)14-21-11-10-17-8-5-7-16-6-3-4-9-18(16)17/h3-9,12-15H,10-11,20H2,1-2H3/b21-14?,22-19+. The van der Waals surface area contributed by atoms with E-state index in [4.69, 9.17) is 5.84 Å². The molecule has 0 saturated carbocycles. The molecule has 1 aromatic heterocycles. The minimum absolute atomic E-state index is 0.0753. The van der Waals surface area contributed by atoms with Gasteiger partial charge in [-0.05, 0) is 29.7 Å². The highest BCUT2D eigenvalue weighted by atomic mass is 15.4. The highest BCUT2D eigenvalue weighted by Crippen LogP contribution is 2.18. The molecule has 0 saturated heterocycles. The topological polar surface area (TPSA) is 60.6 Å². The average Bonchev–Trinajstić information content (AvgIpc) is 2.60. The molecule has 0 amide bonds. The molecule has 24 heavy (non-hydrogen) atoms. The number of aryl methyl sites for hydroxylation is 1. The Bertz CT molecular complexity index is 863. The summed E-state index contributed by atoms with van der Waals surface area (Å²) in [5.41, 5.74) is 2.08. The van der Waals surface area contributed by atoms with Crippen molar-refractivity contribution in [1.29, 1.82) is 0 Å². The van der Waals surface area contributed by atoms with E-state index in [0.29, 0.717) is 6.54 Å². The maximum Gasteiger partial charge on any atom is 0.102 e. The third kappa shape index (κ3) is 3.25. The fourth-order valence-electron chi connectivity index (χ4n) is 2.92. The van der Waals surface area contributed by atoms with Crippen molar-refractivity contribution in [3.8, 4) is 0 Å². The highest BCUT2D eigenvalue weighted by Gasteiger charge is 2.12. The van der Waals surface area contributed by atoms with Gasteiger partial charge in [0.15, 0.2) is 0 Å². The van der Waals surface area contributed by atoms with E-state index in [1.165, 1.54) is 16.3 Å². The molecule has 0 aliphatic rings.